The van der Waals surface area contributed by atoms with Crippen molar-refractivity contribution in [2.24, 2.45) is 5.92 Å². The van der Waals surface area contributed by atoms with E-state index in [-0.39, 0.29) is 23.9 Å². The van der Waals surface area contributed by atoms with Gasteiger partial charge in [-0.05, 0) is 31.5 Å². The fourth-order valence-corrected chi connectivity index (χ4v) is 2.38. The molecule has 0 N–H and O–H groups in total. The second-order valence-electron chi connectivity index (χ2n) is 5.65. The van der Waals surface area contributed by atoms with Crippen molar-refractivity contribution >= 4 is 11.6 Å². The first-order valence-corrected chi connectivity index (χ1v) is 7.96. The Labute approximate surface area is 147 Å². The van der Waals surface area contributed by atoms with Crippen LogP contribution in [-0.4, -0.2) is 25.8 Å². The lowest BCUT2D eigenvalue weighted by atomic mass is 9.95. The van der Waals surface area contributed by atoms with E-state index in [0.29, 0.717) is 17.1 Å². The van der Waals surface area contributed by atoms with Gasteiger partial charge in [-0.3, -0.25) is 9.59 Å². The second kappa shape index (κ2) is 8.33. The van der Waals surface area contributed by atoms with Crippen molar-refractivity contribution in [1.82, 2.24) is 0 Å². The molecule has 0 radical (unpaired) electrons. The molecule has 0 unspecified atom stereocenters. The van der Waals surface area contributed by atoms with Gasteiger partial charge < -0.3 is 14.2 Å². The number of ether oxygens (including phenoxy) is 3. The zero-order chi connectivity index (χ0) is 18.4. The van der Waals surface area contributed by atoms with Crippen LogP contribution >= 0.6 is 0 Å². The van der Waals surface area contributed by atoms with Crippen molar-refractivity contribution < 1.29 is 23.8 Å². The number of hydrogen-bond donors (Lipinski definition) is 0. The molecule has 0 spiro atoms. The molecule has 5 nitrogen and oxygen atoms in total. The van der Waals surface area contributed by atoms with Crippen LogP contribution in [0.3, 0.4) is 0 Å². The van der Waals surface area contributed by atoms with Crippen molar-refractivity contribution in [1.29, 1.82) is 0 Å². The van der Waals surface area contributed by atoms with Gasteiger partial charge in [-0.2, -0.15) is 0 Å². The summed E-state index contributed by atoms with van der Waals surface area (Å²) in [5.41, 5.74) is 1.25. The maximum absolute atomic E-state index is 12.7. The summed E-state index contributed by atoms with van der Waals surface area (Å²) in [6.07, 6.45) is 0. The Balaban J connectivity index is 2.44. The molecule has 0 aromatic heterocycles. The summed E-state index contributed by atoms with van der Waals surface area (Å²) in [7, 11) is 2.99. The van der Waals surface area contributed by atoms with Crippen LogP contribution in [0.4, 0.5) is 0 Å². The standard InChI is InChI=1S/C20H22O5/c1-13(14(2)21)18(22)16-10-11-17(23-3)20(24-4)19(16)25-12-15-8-6-5-7-9-15/h5-11,13H,12H2,1-4H3/t13-/m0/s1. The van der Waals surface area contributed by atoms with Crippen LogP contribution in [0.25, 0.3) is 0 Å². The predicted octanol–water partition coefficient (Wildman–Crippen LogP) is 3.69. The van der Waals surface area contributed by atoms with Crippen molar-refractivity contribution in [3.8, 4) is 17.2 Å². The number of methoxy groups -OCH3 is 2. The van der Waals surface area contributed by atoms with Gasteiger partial charge in [-0.25, -0.2) is 0 Å². The zero-order valence-corrected chi connectivity index (χ0v) is 14.9. The summed E-state index contributed by atoms with van der Waals surface area (Å²) in [5.74, 6) is -0.191. The first-order chi connectivity index (χ1) is 12.0. The van der Waals surface area contributed by atoms with Gasteiger partial charge in [0.1, 0.15) is 12.4 Å². The molecule has 0 saturated carbocycles. The molecule has 0 saturated heterocycles. The van der Waals surface area contributed by atoms with Crippen LogP contribution in [-0.2, 0) is 11.4 Å². The summed E-state index contributed by atoms with van der Waals surface area (Å²) in [5, 5.41) is 0. The second-order valence-corrected chi connectivity index (χ2v) is 5.65. The van der Waals surface area contributed by atoms with Gasteiger partial charge in [0.05, 0.1) is 25.7 Å². The first kappa shape index (κ1) is 18.5. The highest BCUT2D eigenvalue weighted by atomic mass is 16.5. The number of rotatable bonds is 8. The van der Waals surface area contributed by atoms with Gasteiger partial charge >= 0.3 is 0 Å². The number of carbonyl (C=O) groups excluding carboxylic acids is 2. The van der Waals surface area contributed by atoms with E-state index in [0.717, 1.165) is 5.56 Å². The summed E-state index contributed by atoms with van der Waals surface area (Å²) in [6.45, 7) is 3.25. The molecule has 0 heterocycles. The Morgan fingerprint density at radius 2 is 1.64 bits per heavy atom. The smallest absolute Gasteiger partial charge is 0.204 e. The van der Waals surface area contributed by atoms with Crippen molar-refractivity contribution in [2.75, 3.05) is 14.2 Å². The third-order valence-electron chi connectivity index (χ3n) is 3.99. The molecule has 0 aliphatic carbocycles. The van der Waals surface area contributed by atoms with E-state index >= 15 is 0 Å². The maximum Gasteiger partial charge on any atom is 0.204 e. The average Bonchev–Trinajstić information content (AvgIpc) is 2.64. The molecule has 0 aliphatic heterocycles. The Bertz CT molecular complexity index is 752. The first-order valence-electron chi connectivity index (χ1n) is 7.96. The van der Waals surface area contributed by atoms with Gasteiger partial charge in [0.15, 0.2) is 17.3 Å². The lowest BCUT2D eigenvalue weighted by Crippen LogP contribution is -2.20. The molecular weight excluding hydrogens is 320 g/mol. The minimum Gasteiger partial charge on any atom is -0.493 e. The molecule has 5 heteroatoms. The Hall–Kier alpha value is -2.82. The third-order valence-corrected chi connectivity index (χ3v) is 3.99. The lowest BCUT2D eigenvalue weighted by Gasteiger charge is -2.18. The Kier molecular flexibility index (Phi) is 6.17. The zero-order valence-electron chi connectivity index (χ0n) is 14.9. The summed E-state index contributed by atoms with van der Waals surface area (Å²) in [4.78, 5) is 24.3. The summed E-state index contributed by atoms with van der Waals surface area (Å²) in [6, 6.07) is 12.8. The van der Waals surface area contributed by atoms with E-state index in [1.165, 1.54) is 21.1 Å². The summed E-state index contributed by atoms with van der Waals surface area (Å²) < 4.78 is 16.6. The van der Waals surface area contributed by atoms with Gasteiger partial charge in [0, 0.05) is 0 Å². The number of benzene rings is 2. The van der Waals surface area contributed by atoms with E-state index in [1.807, 2.05) is 30.3 Å². The van der Waals surface area contributed by atoms with Gasteiger partial charge in [-0.1, -0.05) is 30.3 Å². The SMILES string of the molecule is COc1ccc(C(=O)[C@@H](C)C(C)=O)c(OCc2ccccc2)c1OC. The fourth-order valence-electron chi connectivity index (χ4n) is 2.38. The predicted molar refractivity (Wildman–Crippen MR) is 94.5 cm³/mol. The van der Waals surface area contributed by atoms with Crippen molar-refractivity contribution in [3.05, 3.63) is 53.6 Å². The third kappa shape index (κ3) is 4.18. The lowest BCUT2D eigenvalue weighted by molar-refractivity contribution is -0.118. The number of hydrogen-bond acceptors (Lipinski definition) is 5. The number of Topliss-reactive ketones (excluding diaryl/α,β-unsaturated/α-hetero) is 2. The van der Waals surface area contributed by atoms with E-state index in [2.05, 4.69) is 0 Å². The maximum atomic E-state index is 12.7. The summed E-state index contributed by atoms with van der Waals surface area (Å²) >= 11 is 0. The molecule has 25 heavy (non-hydrogen) atoms. The van der Waals surface area contributed by atoms with E-state index in [1.54, 1.807) is 19.1 Å². The molecule has 0 amide bonds. The molecule has 0 bridgehead atoms. The molecule has 2 aromatic rings. The van der Waals surface area contributed by atoms with E-state index < -0.39 is 5.92 Å². The van der Waals surface area contributed by atoms with Gasteiger partial charge in [-0.15, -0.1) is 0 Å². The topological polar surface area (TPSA) is 61.8 Å². The van der Waals surface area contributed by atoms with Crippen LogP contribution in [0.1, 0.15) is 29.8 Å². The Morgan fingerprint density at radius 1 is 0.960 bits per heavy atom. The van der Waals surface area contributed by atoms with Crippen molar-refractivity contribution in [3.63, 3.8) is 0 Å². The van der Waals surface area contributed by atoms with Crippen LogP contribution in [0, 0.1) is 5.92 Å². The van der Waals surface area contributed by atoms with E-state index in [4.69, 9.17) is 14.2 Å². The minimum absolute atomic E-state index is 0.200. The molecule has 1 atom stereocenters. The highest BCUT2D eigenvalue weighted by molar-refractivity contribution is 6.11. The van der Waals surface area contributed by atoms with Crippen molar-refractivity contribution in [2.45, 2.75) is 20.5 Å². The molecule has 2 aromatic carbocycles. The highest BCUT2D eigenvalue weighted by Crippen LogP contribution is 2.41. The largest absolute Gasteiger partial charge is 0.493 e. The van der Waals surface area contributed by atoms with Crippen LogP contribution in [0.5, 0.6) is 17.2 Å². The Morgan fingerprint density at radius 3 is 2.20 bits per heavy atom. The number of ketones is 2. The molecule has 0 fully saturated rings. The van der Waals surface area contributed by atoms with Gasteiger partial charge in [0.25, 0.3) is 0 Å². The normalized spacial score (nSPS) is 11.5. The highest BCUT2D eigenvalue weighted by Gasteiger charge is 2.26. The van der Waals surface area contributed by atoms with Gasteiger partial charge in [0.2, 0.25) is 5.75 Å². The average molecular weight is 342 g/mol. The van der Waals surface area contributed by atoms with E-state index in [9.17, 15) is 9.59 Å². The molecule has 132 valence electrons. The fraction of sp³-hybridized carbons (Fsp3) is 0.300. The quantitative estimate of drug-likeness (QED) is 0.541. The van der Waals surface area contributed by atoms with Crippen LogP contribution < -0.4 is 14.2 Å². The molecular formula is C20H22O5. The van der Waals surface area contributed by atoms with Crippen LogP contribution in [0.2, 0.25) is 0 Å². The number of carbonyl (C=O) groups is 2. The molecule has 2 rings (SSSR count). The van der Waals surface area contributed by atoms with Crippen LogP contribution in [0.15, 0.2) is 42.5 Å². The monoisotopic (exact) mass is 342 g/mol. The molecule has 0 aliphatic rings. The minimum atomic E-state index is -0.753.